The highest BCUT2D eigenvalue weighted by Crippen LogP contribution is 2.14. The standard InChI is InChI=1S/C13H14N2O7/c14-6-1-2-7(12(19)20)8(5-6)11(18)15-9(13(21)22)3-4-10(16)17/h1-2,5,9H,3-4,14H2,(H,15,18)(H,16,17)(H,19,20)(H,21,22)/t9-/m0/s1. The number of nitrogen functional groups attached to an aromatic ring is 1. The fourth-order valence-electron chi connectivity index (χ4n) is 1.70. The molecule has 0 unspecified atom stereocenters. The van der Waals surface area contributed by atoms with Gasteiger partial charge in [-0.3, -0.25) is 9.59 Å². The molecule has 1 aromatic carbocycles. The van der Waals surface area contributed by atoms with Gasteiger partial charge in [0.25, 0.3) is 5.91 Å². The Hall–Kier alpha value is -3.10. The highest BCUT2D eigenvalue weighted by molar-refractivity contribution is 6.06. The molecule has 0 saturated heterocycles. The number of amides is 1. The minimum atomic E-state index is -1.45. The number of carboxylic acid groups (broad SMARTS) is 3. The number of hydrogen-bond donors (Lipinski definition) is 5. The molecule has 22 heavy (non-hydrogen) atoms. The number of nitrogens with two attached hydrogens (primary N) is 1. The summed E-state index contributed by atoms with van der Waals surface area (Å²) in [4.78, 5) is 44.6. The largest absolute Gasteiger partial charge is 0.481 e. The van der Waals surface area contributed by atoms with Gasteiger partial charge in [-0.25, -0.2) is 9.59 Å². The zero-order chi connectivity index (χ0) is 16.9. The van der Waals surface area contributed by atoms with E-state index < -0.39 is 36.3 Å². The van der Waals surface area contributed by atoms with E-state index in [9.17, 15) is 19.2 Å². The van der Waals surface area contributed by atoms with Gasteiger partial charge in [0.2, 0.25) is 0 Å². The van der Waals surface area contributed by atoms with Crippen LogP contribution in [-0.2, 0) is 9.59 Å². The summed E-state index contributed by atoms with van der Waals surface area (Å²) < 4.78 is 0. The Balaban J connectivity index is 2.99. The van der Waals surface area contributed by atoms with Gasteiger partial charge in [-0.1, -0.05) is 0 Å². The molecule has 0 aliphatic carbocycles. The lowest BCUT2D eigenvalue weighted by atomic mass is 10.0. The second-order valence-corrected chi connectivity index (χ2v) is 4.41. The summed E-state index contributed by atoms with van der Waals surface area (Å²) in [6.07, 6.45) is -0.791. The zero-order valence-electron chi connectivity index (χ0n) is 11.3. The quantitative estimate of drug-likeness (QED) is 0.439. The van der Waals surface area contributed by atoms with Crippen LogP contribution in [0.25, 0.3) is 0 Å². The first kappa shape index (κ1) is 17.0. The Bertz CT molecular complexity index is 627. The first-order chi connectivity index (χ1) is 10.2. The fourth-order valence-corrected chi connectivity index (χ4v) is 1.70. The monoisotopic (exact) mass is 310 g/mol. The molecule has 9 nitrogen and oxygen atoms in total. The molecule has 0 fully saturated rings. The van der Waals surface area contributed by atoms with Gasteiger partial charge in [-0.15, -0.1) is 0 Å². The highest BCUT2D eigenvalue weighted by atomic mass is 16.4. The van der Waals surface area contributed by atoms with Gasteiger partial charge in [0.15, 0.2) is 0 Å². The molecule has 0 radical (unpaired) electrons. The lowest BCUT2D eigenvalue weighted by Crippen LogP contribution is -2.41. The molecule has 0 spiro atoms. The van der Waals surface area contributed by atoms with Crippen molar-refractivity contribution in [2.24, 2.45) is 0 Å². The highest BCUT2D eigenvalue weighted by Gasteiger charge is 2.24. The number of carbonyl (C=O) groups excluding carboxylic acids is 1. The molecule has 0 aliphatic rings. The van der Waals surface area contributed by atoms with Crippen molar-refractivity contribution >= 4 is 29.5 Å². The number of benzene rings is 1. The van der Waals surface area contributed by atoms with Crippen LogP contribution in [0.2, 0.25) is 0 Å². The minimum Gasteiger partial charge on any atom is -0.481 e. The Labute approximate surface area is 124 Å². The summed E-state index contributed by atoms with van der Waals surface area (Å²) in [6, 6.07) is 2.07. The fraction of sp³-hybridized carbons (Fsp3) is 0.231. The number of nitrogens with one attached hydrogen (secondary N) is 1. The van der Waals surface area contributed by atoms with E-state index in [0.717, 1.165) is 12.1 Å². The second-order valence-electron chi connectivity index (χ2n) is 4.41. The molecule has 0 aromatic heterocycles. The molecular weight excluding hydrogens is 296 g/mol. The van der Waals surface area contributed by atoms with E-state index in [1.807, 2.05) is 0 Å². The van der Waals surface area contributed by atoms with Crippen LogP contribution in [0.4, 0.5) is 5.69 Å². The van der Waals surface area contributed by atoms with Crippen molar-refractivity contribution < 1.29 is 34.5 Å². The lowest BCUT2D eigenvalue weighted by Gasteiger charge is -2.14. The molecule has 9 heteroatoms. The smallest absolute Gasteiger partial charge is 0.336 e. The van der Waals surface area contributed by atoms with Crippen molar-refractivity contribution in [1.29, 1.82) is 0 Å². The van der Waals surface area contributed by atoms with Crippen molar-refractivity contribution in [1.82, 2.24) is 5.32 Å². The van der Waals surface area contributed by atoms with E-state index in [1.54, 1.807) is 0 Å². The molecule has 0 aliphatic heterocycles. The number of carbonyl (C=O) groups is 4. The maximum atomic E-state index is 12.0. The summed E-state index contributed by atoms with van der Waals surface area (Å²) >= 11 is 0. The van der Waals surface area contributed by atoms with Crippen molar-refractivity contribution in [3.63, 3.8) is 0 Å². The molecule has 1 atom stereocenters. The molecular formula is C13H14N2O7. The Morgan fingerprint density at radius 2 is 1.73 bits per heavy atom. The Morgan fingerprint density at radius 3 is 2.23 bits per heavy atom. The van der Waals surface area contributed by atoms with Gasteiger partial charge in [0.1, 0.15) is 6.04 Å². The lowest BCUT2D eigenvalue weighted by molar-refractivity contribution is -0.140. The number of anilines is 1. The van der Waals surface area contributed by atoms with Gasteiger partial charge < -0.3 is 26.4 Å². The molecule has 0 heterocycles. The molecule has 1 amide bonds. The average molecular weight is 310 g/mol. The minimum absolute atomic E-state index is 0.132. The predicted octanol–water partition coefficient (Wildman–Crippen LogP) is 0.0148. The van der Waals surface area contributed by atoms with E-state index >= 15 is 0 Å². The third kappa shape index (κ3) is 4.47. The topological polar surface area (TPSA) is 167 Å². The van der Waals surface area contributed by atoms with E-state index in [-0.39, 0.29) is 23.2 Å². The van der Waals surface area contributed by atoms with E-state index in [1.165, 1.54) is 6.07 Å². The summed E-state index contributed by atoms with van der Waals surface area (Å²) in [7, 11) is 0. The van der Waals surface area contributed by atoms with Crippen molar-refractivity contribution in [2.75, 3.05) is 5.73 Å². The molecule has 0 bridgehead atoms. The van der Waals surface area contributed by atoms with E-state index in [0.29, 0.717) is 0 Å². The summed E-state index contributed by atoms with van der Waals surface area (Å²) in [5.41, 5.74) is 4.98. The van der Waals surface area contributed by atoms with Gasteiger partial charge in [0.05, 0.1) is 11.1 Å². The molecule has 0 saturated carbocycles. The van der Waals surface area contributed by atoms with Crippen LogP contribution < -0.4 is 11.1 Å². The van der Waals surface area contributed by atoms with Crippen LogP contribution in [0, 0.1) is 0 Å². The third-order valence-corrected chi connectivity index (χ3v) is 2.77. The van der Waals surface area contributed by atoms with Gasteiger partial charge >= 0.3 is 17.9 Å². The first-order valence-electron chi connectivity index (χ1n) is 6.10. The molecule has 118 valence electrons. The maximum Gasteiger partial charge on any atom is 0.336 e. The van der Waals surface area contributed by atoms with Gasteiger partial charge in [-0.2, -0.15) is 0 Å². The number of aromatic carboxylic acids is 1. The molecule has 1 rings (SSSR count). The summed E-state index contributed by atoms with van der Waals surface area (Å²) in [6.45, 7) is 0. The number of carboxylic acids is 3. The predicted molar refractivity (Wildman–Crippen MR) is 73.6 cm³/mol. The normalized spacial score (nSPS) is 11.5. The maximum absolute atomic E-state index is 12.0. The van der Waals surface area contributed by atoms with Crippen LogP contribution in [0.5, 0.6) is 0 Å². The third-order valence-electron chi connectivity index (χ3n) is 2.77. The average Bonchev–Trinajstić information content (AvgIpc) is 2.42. The number of hydrogen-bond acceptors (Lipinski definition) is 5. The van der Waals surface area contributed by atoms with Crippen molar-refractivity contribution in [2.45, 2.75) is 18.9 Å². The van der Waals surface area contributed by atoms with Gasteiger partial charge in [-0.05, 0) is 24.6 Å². The van der Waals surface area contributed by atoms with E-state index in [4.69, 9.17) is 21.1 Å². The van der Waals surface area contributed by atoms with Crippen LogP contribution in [0.1, 0.15) is 33.6 Å². The van der Waals surface area contributed by atoms with Gasteiger partial charge in [0, 0.05) is 12.1 Å². The van der Waals surface area contributed by atoms with Crippen LogP contribution in [-0.4, -0.2) is 45.2 Å². The molecule has 1 aromatic rings. The van der Waals surface area contributed by atoms with E-state index in [2.05, 4.69) is 5.32 Å². The second kappa shape index (κ2) is 7.07. The van der Waals surface area contributed by atoms with Crippen LogP contribution in [0.15, 0.2) is 18.2 Å². The number of aliphatic carboxylic acids is 2. The summed E-state index contributed by atoms with van der Waals surface area (Å²) in [5.74, 6) is -4.96. The van der Waals surface area contributed by atoms with Crippen molar-refractivity contribution in [3.8, 4) is 0 Å². The van der Waals surface area contributed by atoms with Crippen molar-refractivity contribution in [3.05, 3.63) is 29.3 Å². The number of rotatable bonds is 7. The molecule has 6 N–H and O–H groups in total. The van der Waals surface area contributed by atoms with Crippen LogP contribution >= 0.6 is 0 Å². The summed E-state index contributed by atoms with van der Waals surface area (Å²) in [5, 5.41) is 28.6. The Morgan fingerprint density at radius 1 is 1.09 bits per heavy atom. The Kier molecular flexibility index (Phi) is 5.44. The SMILES string of the molecule is Nc1ccc(C(=O)O)c(C(=O)N[C@@H](CCC(=O)O)C(=O)O)c1. The zero-order valence-corrected chi connectivity index (χ0v) is 11.3. The van der Waals surface area contributed by atoms with Crippen LogP contribution in [0.3, 0.4) is 0 Å². The first-order valence-corrected chi connectivity index (χ1v) is 6.10.